The molecule has 0 saturated heterocycles. The number of aliphatic imine (C=N–C) groups is 1. The first kappa shape index (κ1) is 18.7. The fourth-order valence-electron chi connectivity index (χ4n) is 3.42. The third kappa shape index (κ3) is 3.00. The van der Waals surface area contributed by atoms with Gasteiger partial charge >= 0.3 is 0 Å². The molecule has 1 amide bonds. The monoisotopic (exact) mass is 411 g/mol. The number of nitrogens with zero attached hydrogens (tertiary/aromatic N) is 4. The van der Waals surface area contributed by atoms with Crippen LogP contribution in [0.25, 0.3) is 11.8 Å². The number of halogens is 1. The van der Waals surface area contributed by atoms with Crippen molar-refractivity contribution in [1.29, 1.82) is 5.41 Å². The molecule has 0 radical (unpaired) electrons. The van der Waals surface area contributed by atoms with E-state index < -0.39 is 5.91 Å². The lowest BCUT2D eigenvalue weighted by Gasteiger charge is -2.20. The van der Waals surface area contributed by atoms with Crippen molar-refractivity contribution in [2.24, 2.45) is 10.1 Å². The molecule has 142 valence electrons. The van der Waals surface area contributed by atoms with E-state index >= 15 is 0 Å². The minimum Gasteiger partial charge on any atom is -0.318 e. The number of carbonyl (C=O) groups excluding carboxylic acids is 1. The maximum absolute atomic E-state index is 12.5. The van der Waals surface area contributed by atoms with Gasteiger partial charge in [0.15, 0.2) is 5.84 Å². The van der Waals surface area contributed by atoms with Gasteiger partial charge in [-0.2, -0.15) is 15.1 Å². The summed E-state index contributed by atoms with van der Waals surface area (Å²) < 4.78 is 2.12. The van der Waals surface area contributed by atoms with Crippen LogP contribution < -0.4 is 0 Å². The van der Waals surface area contributed by atoms with E-state index in [1.807, 2.05) is 52.0 Å². The van der Waals surface area contributed by atoms with E-state index in [0.29, 0.717) is 10.2 Å². The maximum Gasteiger partial charge on any atom is 0.283 e. The van der Waals surface area contributed by atoms with E-state index in [1.54, 1.807) is 6.08 Å². The smallest absolute Gasteiger partial charge is 0.283 e. The minimum atomic E-state index is -0.416. The van der Waals surface area contributed by atoms with Gasteiger partial charge in [0.1, 0.15) is 0 Å². The Kier molecular flexibility index (Phi) is 4.51. The van der Waals surface area contributed by atoms with Gasteiger partial charge < -0.3 is 4.57 Å². The molecule has 1 aromatic heterocycles. The molecule has 2 aliphatic rings. The SMILES string of the molecule is CC1=NN2C(=N)/C(=C/c3cc(C)n(-c4ccc(Cl)cc4C)c3C)C(=O)N=C2S1. The summed E-state index contributed by atoms with van der Waals surface area (Å²) in [6.45, 7) is 7.85. The number of hydrogen-bond acceptors (Lipinski definition) is 4. The standard InChI is InChI=1S/C20H18ClN5OS/c1-10-7-15(21)5-6-17(10)25-11(2)8-14(12(25)3)9-16-18(22)26-20(23-19(16)27)28-13(4)24-26/h5-9,22H,1-4H3/b16-9-,22-18?. The van der Waals surface area contributed by atoms with Gasteiger partial charge in [-0.3, -0.25) is 10.2 Å². The number of benzene rings is 1. The Labute approximate surface area is 172 Å². The molecule has 8 heteroatoms. The molecule has 1 aromatic carbocycles. The van der Waals surface area contributed by atoms with Crippen molar-refractivity contribution in [2.45, 2.75) is 27.7 Å². The summed E-state index contributed by atoms with van der Waals surface area (Å²) in [5.74, 6) is -0.368. The molecule has 0 unspecified atom stereocenters. The number of amidine groups is 2. The van der Waals surface area contributed by atoms with Crippen molar-refractivity contribution < 1.29 is 4.79 Å². The lowest BCUT2D eigenvalue weighted by atomic mass is 10.1. The van der Waals surface area contributed by atoms with Crippen LogP contribution in [-0.2, 0) is 4.79 Å². The molecule has 0 spiro atoms. The fraction of sp³-hybridized carbons (Fsp3) is 0.200. The van der Waals surface area contributed by atoms with E-state index in [9.17, 15) is 4.79 Å². The fourth-order valence-corrected chi connectivity index (χ4v) is 4.38. The quantitative estimate of drug-likeness (QED) is 0.728. The number of aryl methyl sites for hydroxylation is 2. The first-order chi connectivity index (χ1) is 13.3. The highest BCUT2D eigenvalue weighted by Gasteiger charge is 2.34. The number of nitrogens with one attached hydrogen (secondary N) is 1. The van der Waals surface area contributed by atoms with Gasteiger partial charge in [-0.05, 0) is 80.9 Å². The Morgan fingerprint density at radius 1 is 1.18 bits per heavy atom. The van der Waals surface area contributed by atoms with Crippen molar-refractivity contribution in [3.05, 3.63) is 57.4 Å². The minimum absolute atomic E-state index is 0.0480. The second-order valence-electron chi connectivity index (χ2n) is 6.73. The molecule has 0 saturated carbocycles. The normalized spacial score (nSPS) is 17.9. The Hall–Kier alpha value is -2.64. The van der Waals surface area contributed by atoms with Gasteiger partial charge in [-0.25, -0.2) is 0 Å². The summed E-state index contributed by atoms with van der Waals surface area (Å²) in [6.07, 6.45) is 1.73. The van der Waals surface area contributed by atoms with Gasteiger partial charge in [-0.1, -0.05) is 11.6 Å². The summed E-state index contributed by atoms with van der Waals surface area (Å²) in [5, 5.41) is 16.0. The molecule has 2 aliphatic heterocycles. The third-order valence-corrected chi connectivity index (χ3v) is 5.78. The van der Waals surface area contributed by atoms with Crippen LogP contribution in [0.5, 0.6) is 0 Å². The summed E-state index contributed by atoms with van der Waals surface area (Å²) >= 11 is 7.39. The van der Waals surface area contributed by atoms with Crippen LogP contribution in [0.4, 0.5) is 0 Å². The number of amides is 1. The number of hydrazone groups is 1. The molecule has 28 heavy (non-hydrogen) atoms. The number of thioether (sulfide) groups is 1. The lowest BCUT2D eigenvalue weighted by Crippen LogP contribution is -2.35. The molecule has 0 fully saturated rings. The molecule has 3 heterocycles. The Morgan fingerprint density at radius 3 is 2.64 bits per heavy atom. The Morgan fingerprint density at radius 2 is 1.93 bits per heavy atom. The molecule has 0 atom stereocenters. The van der Waals surface area contributed by atoms with Crippen molar-refractivity contribution in [1.82, 2.24) is 9.58 Å². The van der Waals surface area contributed by atoms with Crippen LogP contribution >= 0.6 is 23.4 Å². The lowest BCUT2D eigenvalue weighted by molar-refractivity contribution is -0.114. The largest absolute Gasteiger partial charge is 0.318 e. The van der Waals surface area contributed by atoms with Crippen molar-refractivity contribution >= 4 is 51.4 Å². The van der Waals surface area contributed by atoms with Crippen LogP contribution in [0.1, 0.15) is 29.4 Å². The Balaban J connectivity index is 1.79. The van der Waals surface area contributed by atoms with E-state index in [4.69, 9.17) is 17.0 Å². The van der Waals surface area contributed by atoms with Gasteiger partial charge in [-0.15, -0.1) is 0 Å². The number of fused-ring (bicyclic) bond motifs is 1. The zero-order chi connectivity index (χ0) is 20.2. The molecular weight excluding hydrogens is 394 g/mol. The molecular formula is C20H18ClN5OS. The molecule has 1 N–H and O–H groups in total. The van der Waals surface area contributed by atoms with Crippen molar-refractivity contribution in [3.63, 3.8) is 0 Å². The van der Waals surface area contributed by atoms with E-state index in [1.165, 1.54) is 16.8 Å². The van der Waals surface area contributed by atoms with Gasteiger partial charge in [0.05, 0.1) is 10.6 Å². The third-order valence-electron chi connectivity index (χ3n) is 4.73. The van der Waals surface area contributed by atoms with E-state index in [0.717, 1.165) is 33.2 Å². The summed E-state index contributed by atoms with van der Waals surface area (Å²) in [7, 11) is 0. The molecule has 2 aromatic rings. The summed E-state index contributed by atoms with van der Waals surface area (Å²) in [4.78, 5) is 16.6. The van der Waals surface area contributed by atoms with Gasteiger partial charge in [0.2, 0.25) is 5.17 Å². The zero-order valence-corrected chi connectivity index (χ0v) is 17.4. The second kappa shape index (κ2) is 6.76. The first-order valence-electron chi connectivity index (χ1n) is 8.68. The highest BCUT2D eigenvalue weighted by Crippen LogP contribution is 2.30. The van der Waals surface area contributed by atoms with Crippen LogP contribution in [0.15, 0.2) is 39.9 Å². The summed E-state index contributed by atoms with van der Waals surface area (Å²) in [6, 6.07) is 7.78. The summed E-state index contributed by atoms with van der Waals surface area (Å²) in [5.41, 5.74) is 5.19. The van der Waals surface area contributed by atoms with E-state index in [-0.39, 0.29) is 11.4 Å². The maximum atomic E-state index is 12.5. The van der Waals surface area contributed by atoms with Crippen LogP contribution in [0.3, 0.4) is 0 Å². The predicted octanol–water partition coefficient (Wildman–Crippen LogP) is 4.70. The molecule has 4 rings (SSSR count). The van der Waals surface area contributed by atoms with Crippen molar-refractivity contribution in [3.8, 4) is 5.69 Å². The molecule has 6 nitrogen and oxygen atoms in total. The van der Waals surface area contributed by atoms with Crippen LogP contribution in [-0.4, -0.2) is 31.5 Å². The average molecular weight is 412 g/mol. The van der Waals surface area contributed by atoms with E-state index in [2.05, 4.69) is 14.7 Å². The number of rotatable bonds is 2. The molecule has 0 bridgehead atoms. The zero-order valence-electron chi connectivity index (χ0n) is 15.9. The molecule has 0 aliphatic carbocycles. The van der Waals surface area contributed by atoms with Gasteiger partial charge in [0.25, 0.3) is 5.91 Å². The highest BCUT2D eigenvalue weighted by molar-refractivity contribution is 8.26. The van der Waals surface area contributed by atoms with Gasteiger partial charge in [0, 0.05) is 22.1 Å². The number of aromatic nitrogens is 1. The number of carbonyl (C=O) groups is 1. The predicted molar refractivity (Wildman–Crippen MR) is 116 cm³/mol. The average Bonchev–Trinajstić information content (AvgIpc) is 3.12. The first-order valence-corrected chi connectivity index (χ1v) is 9.88. The topological polar surface area (TPSA) is 73.8 Å². The Bertz CT molecular complexity index is 1140. The van der Waals surface area contributed by atoms with Crippen molar-refractivity contribution in [2.75, 3.05) is 0 Å². The van der Waals surface area contributed by atoms with Crippen LogP contribution in [0.2, 0.25) is 5.02 Å². The van der Waals surface area contributed by atoms with Crippen LogP contribution in [0, 0.1) is 26.2 Å². The second-order valence-corrected chi connectivity index (χ2v) is 8.33. The highest BCUT2D eigenvalue weighted by atomic mass is 35.5. The number of hydrogen-bond donors (Lipinski definition) is 1.